The van der Waals surface area contributed by atoms with Crippen molar-refractivity contribution in [2.45, 2.75) is 84.2 Å². The van der Waals surface area contributed by atoms with Gasteiger partial charge in [-0.2, -0.15) is 13.2 Å². The molecule has 0 aromatic heterocycles. The van der Waals surface area contributed by atoms with Gasteiger partial charge in [-0.3, -0.25) is 9.59 Å². The zero-order valence-electron chi connectivity index (χ0n) is 30.6. The highest BCUT2D eigenvalue weighted by Crippen LogP contribution is 2.59. The first-order valence-electron chi connectivity index (χ1n) is 18.0. The number of amides is 2. The standard InChI is InChI=1S/C39H40F3N4O7P/c1-22(2)46(23(3)4)54(50-16-13-43-6)53-27-11-12-29-28(19-27)36(48)52-38(29)30-17-25-9-7-14-44(24(5)47)32(25)20-34(30)51-35-21-33-26(18-31(35)38)10-8-15-45(33)37(49)39(40,41)42/h11-12,17-23H,7-10,13-16H2,1-5H3. The number of esters is 1. The molecule has 4 heterocycles. The highest BCUT2D eigenvalue weighted by Gasteiger charge is 2.55. The molecule has 3 aromatic rings. The van der Waals surface area contributed by atoms with E-state index in [2.05, 4.69) is 9.52 Å². The third-order valence-corrected chi connectivity index (χ3v) is 12.2. The summed E-state index contributed by atoms with van der Waals surface area (Å²) in [5.41, 5.74) is 2.09. The van der Waals surface area contributed by atoms with Crippen LogP contribution >= 0.6 is 8.53 Å². The van der Waals surface area contributed by atoms with Crippen LogP contribution in [0.4, 0.5) is 24.5 Å². The molecule has 284 valence electrons. The minimum absolute atomic E-state index is 0.0417. The van der Waals surface area contributed by atoms with Crippen molar-refractivity contribution in [1.82, 2.24) is 4.67 Å². The molecule has 0 N–H and O–H groups in total. The van der Waals surface area contributed by atoms with Crippen LogP contribution in [0.2, 0.25) is 0 Å². The highest BCUT2D eigenvalue weighted by molar-refractivity contribution is 7.45. The van der Waals surface area contributed by atoms with E-state index in [-0.39, 0.29) is 60.4 Å². The quantitative estimate of drug-likeness (QED) is 0.0984. The summed E-state index contributed by atoms with van der Waals surface area (Å²) in [6.45, 7) is 17.4. The van der Waals surface area contributed by atoms with Crippen molar-refractivity contribution in [2.75, 3.05) is 36.0 Å². The van der Waals surface area contributed by atoms with Crippen LogP contribution in [-0.4, -0.2) is 67.0 Å². The molecule has 15 heteroatoms. The summed E-state index contributed by atoms with van der Waals surface area (Å²) in [6, 6.07) is 11.9. The first kappa shape index (κ1) is 37.6. The van der Waals surface area contributed by atoms with Crippen molar-refractivity contribution in [2.24, 2.45) is 0 Å². The number of halogens is 3. The lowest BCUT2D eigenvalue weighted by atomic mass is 9.75. The van der Waals surface area contributed by atoms with Gasteiger partial charge in [0.05, 0.1) is 16.9 Å². The molecule has 0 aliphatic carbocycles. The second kappa shape index (κ2) is 14.2. The van der Waals surface area contributed by atoms with Crippen molar-refractivity contribution in [3.05, 3.63) is 87.3 Å². The number of fused-ring (bicyclic) bond motifs is 8. The maximum Gasteiger partial charge on any atom is 0.471 e. The largest absolute Gasteiger partial charge is 0.471 e. The van der Waals surface area contributed by atoms with E-state index in [1.54, 1.807) is 35.2 Å². The molecule has 7 rings (SSSR count). The fourth-order valence-electron chi connectivity index (χ4n) is 7.97. The minimum atomic E-state index is -5.09. The molecule has 4 aliphatic rings. The predicted molar refractivity (Wildman–Crippen MR) is 195 cm³/mol. The fourth-order valence-corrected chi connectivity index (χ4v) is 9.54. The normalized spacial score (nSPS) is 19.0. The number of hydrogen-bond donors (Lipinski definition) is 0. The predicted octanol–water partition coefficient (Wildman–Crippen LogP) is 8.06. The van der Waals surface area contributed by atoms with Crippen molar-refractivity contribution in [1.29, 1.82) is 0 Å². The molecule has 11 nitrogen and oxygen atoms in total. The third-order valence-electron chi connectivity index (χ3n) is 10.1. The fraction of sp³-hybridized carbons (Fsp3) is 0.436. The molecular formula is C39H40F3N4O7P. The van der Waals surface area contributed by atoms with Gasteiger partial charge in [0.2, 0.25) is 12.5 Å². The molecule has 2 atom stereocenters. The van der Waals surface area contributed by atoms with Gasteiger partial charge in [0.15, 0.2) is 5.60 Å². The van der Waals surface area contributed by atoms with E-state index < -0.39 is 32.2 Å². The van der Waals surface area contributed by atoms with E-state index in [0.717, 1.165) is 10.5 Å². The Bertz CT molecular complexity index is 2080. The zero-order valence-corrected chi connectivity index (χ0v) is 31.5. The van der Waals surface area contributed by atoms with Gasteiger partial charge in [-0.05, 0) is 94.8 Å². The molecule has 2 amide bonds. The molecule has 4 aliphatic heterocycles. The average molecular weight is 765 g/mol. The van der Waals surface area contributed by atoms with Gasteiger partial charge < -0.3 is 33.2 Å². The van der Waals surface area contributed by atoms with Crippen molar-refractivity contribution in [3.63, 3.8) is 0 Å². The Hall–Kier alpha value is -4.70. The van der Waals surface area contributed by atoms with Crippen LogP contribution < -0.4 is 19.1 Å². The summed E-state index contributed by atoms with van der Waals surface area (Å²) in [7, 11) is -1.69. The van der Waals surface area contributed by atoms with Crippen molar-refractivity contribution < 1.29 is 46.1 Å². The number of ether oxygens (including phenoxy) is 2. The molecule has 0 bridgehead atoms. The number of carbonyl (C=O) groups excluding carboxylic acids is 3. The number of anilines is 2. The monoisotopic (exact) mass is 764 g/mol. The number of carbonyl (C=O) groups is 3. The van der Waals surface area contributed by atoms with Crippen LogP contribution in [0.15, 0.2) is 42.5 Å². The molecule has 3 aromatic carbocycles. The maximum atomic E-state index is 14.1. The van der Waals surface area contributed by atoms with Gasteiger partial charge in [0, 0.05) is 60.9 Å². The smallest absolute Gasteiger partial charge is 0.456 e. The summed E-state index contributed by atoms with van der Waals surface area (Å²) in [6.07, 6.45) is -3.03. The van der Waals surface area contributed by atoms with Gasteiger partial charge in [-0.25, -0.2) is 16.0 Å². The summed E-state index contributed by atoms with van der Waals surface area (Å²) < 4.78 is 68.8. The Balaban J connectivity index is 1.39. The number of aryl methyl sites for hydroxylation is 2. The summed E-state index contributed by atoms with van der Waals surface area (Å²) >= 11 is 0. The number of nitrogens with zero attached hydrogens (tertiary/aromatic N) is 4. The number of rotatable bonds is 8. The number of alkyl halides is 3. The van der Waals surface area contributed by atoms with E-state index in [9.17, 15) is 27.6 Å². The molecule has 1 spiro atoms. The second-order valence-electron chi connectivity index (χ2n) is 14.3. The van der Waals surface area contributed by atoms with Crippen LogP contribution in [0.25, 0.3) is 4.85 Å². The molecule has 0 saturated carbocycles. The van der Waals surface area contributed by atoms with E-state index in [4.69, 9.17) is 25.1 Å². The maximum absolute atomic E-state index is 14.1. The Morgan fingerprint density at radius 3 is 2.09 bits per heavy atom. The first-order valence-corrected chi connectivity index (χ1v) is 19.1. The van der Waals surface area contributed by atoms with E-state index >= 15 is 0 Å². The SMILES string of the molecule is [C-]#[N+]CCOP(Oc1ccc2c(c1)C(=O)OC21c2cc3c(cc2Oc2cc4c(cc21)CCCN4C(=O)C(F)(F)F)N(C(C)=O)CCC3)N(C(C)C)C(C)C. The molecular weight excluding hydrogens is 724 g/mol. The molecule has 54 heavy (non-hydrogen) atoms. The van der Waals surface area contributed by atoms with Gasteiger partial charge in [0.25, 0.3) is 0 Å². The number of hydrogen-bond acceptors (Lipinski definition) is 8. The molecule has 0 radical (unpaired) electrons. The van der Waals surface area contributed by atoms with Gasteiger partial charge in [-0.15, -0.1) is 0 Å². The highest BCUT2D eigenvalue weighted by atomic mass is 31.2. The summed E-state index contributed by atoms with van der Waals surface area (Å²) in [4.78, 5) is 45.1. The Morgan fingerprint density at radius 1 is 0.944 bits per heavy atom. The first-order chi connectivity index (χ1) is 25.6. The van der Waals surface area contributed by atoms with Crippen LogP contribution in [-0.2, 0) is 37.3 Å². The summed E-state index contributed by atoms with van der Waals surface area (Å²) in [5, 5.41) is 0. The molecule has 2 unspecified atom stereocenters. The lowest BCUT2D eigenvalue weighted by Crippen LogP contribution is -2.44. The van der Waals surface area contributed by atoms with Crippen molar-refractivity contribution in [3.8, 4) is 17.2 Å². The number of benzene rings is 3. The summed E-state index contributed by atoms with van der Waals surface area (Å²) in [5.74, 6) is -2.04. The van der Waals surface area contributed by atoms with E-state index in [0.29, 0.717) is 65.9 Å². The van der Waals surface area contributed by atoms with Gasteiger partial charge in [-0.1, -0.05) is 0 Å². The minimum Gasteiger partial charge on any atom is -0.456 e. The topological polar surface area (TPSA) is 102 Å². The van der Waals surface area contributed by atoms with E-state index in [1.807, 2.05) is 33.8 Å². The van der Waals surface area contributed by atoms with E-state index in [1.165, 1.54) is 13.0 Å². The Morgan fingerprint density at radius 2 is 1.54 bits per heavy atom. The van der Waals surface area contributed by atoms with Gasteiger partial charge in [0.1, 0.15) is 23.9 Å². The lowest BCUT2D eigenvalue weighted by molar-refractivity contribution is -0.170. The average Bonchev–Trinajstić information content (AvgIpc) is 3.40. The molecule has 0 saturated heterocycles. The van der Waals surface area contributed by atoms with Crippen molar-refractivity contribution >= 4 is 37.7 Å². The Kier molecular flexibility index (Phi) is 9.88. The van der Waals surface area contributed by atoms with Crippen LogP contribution in [0.3, 0.4) is 0 Å². The third kappa shape index (κ3) is 6.36. The van der Waals surface area contributed by atoms with Crippen LogP contribution in [0, 0.1) is 6.57 Å². The van der Waals surface area contributed by atoms with Crippen LogP contribution in [0.5, 0.6) is 17.2 Å². The van der Waals surface area contributed by atoms with Gasteiger partial charge >= 0.3 is 26.6 Å². The van der Waals surface area contributed by atoms with Crippen LogP contribution in [0.1, 0.15) is 85.6 Å². The second-order valence-corrected chi connectivity index (χ2v) is 15.7. The zero-order chi connectivity index (χ0) is 38.7. The molecule has 0 fully saturated rings. The Labute approximate surface area is 312 Å². The lowest BCUT2D eigenvalue weighted by Gasteiger charge is -2.40.